The first-order valence-electron chi connectivity index (χ1n) is 10.9. The van der Waals surface area contributed by atoms with Crippen LogP contribution in [0.3, 0.4) is 0 Å². The molecule has 3 heterocycles. The van der Waals surface area contributed by atoms with Crippen LogP contribution in [0, 0.1) is 5.82 Å². The minimum atomic E-state index is -0.513. The van der Waals surface area contributed by atoms with Crippen molar-refractivity contribution in [3.05, 3.63) is 99.5 Å². The van der Waals surface area contributed by atoms with E-state index in [4.69, 9.17) is 14.2 Å². The zero-order chi connectivity index (χ0) is 24.1. The number of benzene rings is 3. The molecule has 1 aromatic heterocycles. The summed E-state index contributed by atoms with van der Waals surface area (Å²) in [6.45, 7) is 0. The summed E-state index contributed by atoms with van der Waals surface area (Å²) in [5.74, 6) is 2.00. The fraction of sp³-hybridized carbons (Fsp3) is 0.154. The molecule has 0 spiro atoms. The van der Waals surface area contributed by atoms with Crippen LogP contribution in [0.15, 0.2) is 77.0 Å². The van der Waals surface area contributed by atoms with Gasteiger partial charge in [-0.2, -0.15) is 10.1 Å². The van der Waals surface area contributed by atoms with Gasteiger partial charge in [0.1, 0.15) is 30.0 Å². The van der Waals surface area contributed by atoms with E-state index in [1.54, 1.807) is 20.3 Å². The summed E-state index contributed by atoms with van der Waals surface area (Å²) in [5, 5.41) is 7.90. The highest BCUT2D eigenvalue weighted by Gasteiger charge is 2.41. The van der Waals surface area contributed by atoms with Crippen LogP contribution in [0.1, 0.15) is 28.8 Å². The van der Waals surface area contributed by atoms with Gasteiger partial charge >= 0.3 is 0 Å². The van der Waals surface area contributed by atoms with Crippen molar-refractivity contribution in [2.24, 2.45) is 0 Å². The lowest BCUT2D eigenvalue weighted by Gasteiger charge is -2.39. The quantitative estimate of drug-likeness (QED) is 0.359. The maximum Gasteiger partial charge on any atom is 0.226 e. The fourth-order valence-corrected chi connectivity index (χ4v) is 4.96. The lowest BCUT2D eigenvalue weighted by atomic mass is 9.84. The zero-order valence-corrected chi connectivity index (χ0v) is 20.4. The topological polar surface area (TPSA) is 70.4 Å². The van der Waals surface area contributed by atoms with Crippen LogP contribution in [-0.2, 0) is 0 Å². The van der Waals surface area contributed by atoms with Crippen molar-refractivity contribution in [1.29, 1.82) is 0 Å². The summed E-state index contributed by atoms with van der Waals surface area (Å²) in [6.07, 6.45) is 0.993. The number of ether oxygens (including phenoxy) is 3. The molecule has 0 fully saturated rings. The van der Waals surface area contributed by atoms with Crippen LogP contribution in [0.5, 0.6) is 17.2 Å². The smallest absolute Gasteiger partial charge is 0.226 e. The molecule has 0 aliphatic carbocycles. The maximum atomic E-state index is 14.4. The van der Waals surface area contributed by atoms with E-state index in [1.165, 1.54) is 18.5 Å². The molecule has 35 heavy (non-hydrogen) atoms. The second-order valence-electron chi connectivity index (χ2n) is 8.19. The molecule has 0 amide bonds. The largest absolute Gasteiger partial charge is 0.493 e. The number of methoxy groups -OCH3 is 2. The molecule has 0 saturated carbocycles. The summed E-state index contributed by atoms with van der Waals surface area (Å²) < 4.78 is 34.7. The Bertz CT molecular complexity index is 1470. The second kappa shape index (κ2) is 8.42. The Labute approximate surface area is 209 Å². The van der Waals surface area contributed by atoms with Crippen molar-refractivity contribution in [1.82, 2.24) is 14.8 Å². The highest BCUT2D eigenvalue weighted by molar-refractivity contribution is 9.10. The van der Waals surface area contributed by atoms with Crippen molar-refractivity contribution in [3.8, 4) is 17.2 Å². The van der Waals surface area contributed by atoms with E-state index in [9.17, 15) is 4.39 Å². The van der Waals surface area contributed by atoms with Gasteiger partial charge in [0.05, 0.1) is 19.9 Å². The van der Waals surface area contributed by atoms with Gasteiger partial charge in [0.2, 0.25) is 5.95 Å². The van der Waals surface area contributed by atoms with E-state index in [2.05, 4.69) is 31.3 Å². The third-order valence-corrected chi connectivity index (χ3v) is 6.80. The van der Waals surface area contributed by atoms with Crippen molar-refractivity contribution >= 4 is 27.6 Å². The Balaban J connectivity index is 1.61. The number of nitrogens with one attached hydrogen (secondary N) is 1. The molecule has 176 valence electrons. The van der Waals surface area contributed by atoms with Crippen LogP contribution in [0.25, 0.3) is 5.70 Å². The number of halogens is 2. The van der Waals surface area contributed by atoms with Gasteiger partial charge in [-0.15, -0.1) is 0 Å². The Morgan fingerprint density at radius 3 is 2.51 bits per heavy atom. The summed E-state index contributed by atoms with van der Waals surface area (Å²) in [5.41, 5.74) is 4.11. The number of rotatable bonds is 4. The molecule has 1 N–H and O–H groups in total. The Morgan fingerprint density at radius 1 is 0.971 bits per heavy atom. The summed E-state index contributed by atoms with van der Waals surface area (Å²) >= 11 is 3.52. The van der Waals surface area contributed by atoms with Crippen molar-refractivity contribution in [2.75, 3.05) is 19.5 Å². The predicted molar refractivity (Wildman–Crippen MR) is 132 cm³/mol. The lowest BCUT2D eigenvalue weighted by Crippen LogP contribution is -2.32. The maximum absolute atomic E-state index is 14.4. The molecule has 2 unspecified atom stereocenters. The zero-order valence-electron chi connectivity index (χ0n) is 18.8. The van der Waals surface area contributed by atoms with Gasteiger partial charge in [0.25, 0.3) is 0 Å². The molecule has 4 aromatic rings. The van der Waals surface area contributed by atoms with Crippen LogP contribution in [0.4, 0.5) is 10.3 Å². The number of nitrogens with zero attached hydrogens (tertiary/aromatic N) is 3. The van der Waals surface area contributed by atoms with Gasteiger partial charge in [-0.1, -0.05) is 34.1 Å². The molecular formula is C26H20BrFN4O3. The molecule has 2 aliphatic rings. The predicted octanol–water partition coefficient (Wildman–Crippen LogP) is 5.76. The number of aromatic nitrogens is 3. The van der Waals surface area contributed by atoms with Crippen molar-refractivity contribution in [2.45, 2.75) is 12.1 Å². The lowest BCUT2D eigenvalue weighted by molar-refractivity contribution is 0.222. The number of hydrogen-bond acceptors (Lipinski definition) is 6. The van der Waals surface area contributed by atoms with Crippen molar-refractivity contribution in [3.63, 3.8) is 0 Å². The molecule has 0 radical (unpaired) electrons. The first-order chi connectivity index (χ1) is 17.1. The fourth-order valence-electron chi connectivity index (χ4n) is 4.70. The molecule has 6 rings (SSSR count). The summed E-state index contributed by atoms with van der Waals surface area (Å²) in [4.78, 5) is 4.41. The van der Waals surface area contributed by atoms with E-state index in [0.717, 1.165) is 26.9 Å². The van der Waals surface area contributed by atoms with Crippen LogP contribution < -0.4 is 19.5 Å². The third kappa shape index (κ3) is 3.54. The van der Waals surface area contributed by atoms with Gasteiger partial charge in [-0.25, -0.2) is 9.07 Å². The average molecular weight is 535 g/mol. The Hall–Kier alpha value is -3.85. The third-order valence-electron chi connectivity index (χ3n) is 6.27. The van der Waals surface area contributed by atoms with E-state index in [0.29, 0.717) is 28.8 Å². The van der Waals surface area contributed by atoms with Gasteiger partial charge in [0.15, 0.2) is 11.5 Å². The second-order valence-corrected chi connectivity index (χ2v) is 9.11. The monoisotopic (exact) mass is 534 g/mol. The Morgan fingerprint density at radius 2 is 1.74 bits per heavy atom. The molecule has 7 nitrogen and oxygen atoms in total. The molecule has 0 saturated heterocycles. The minimum absolute atomic E-state index is 0.341. The highest BCUT2D eigenvalue weighted by atomic mass is 79.9. The Kier molecular flexibility index (Phi) is 5.21. The van der Waals surface area contributed by atoms with Crippen LogP contribution in [0.2, 0.25) is 0 Å². The van der Waals surface area contributed by atoms with E-state index < -0.39 is 6.10 Å². The molecule has 3 aromatic carbocycles. The first-order valence-corrected chi connectivity index (χ1v) is 11.7. The first kappa shape index (κ1) is 21.7. The van der Waals surface area contributed by atoms with Gasteiger partial charge in [-0.05, 0) is 48.0 Å². The van der Waals surface area contributed by atoms with Gasteiger partial charge in [0, 0.05) is 21.2 Å². The number of hydrogen-bond donors (Lipinski definition) is 1. The van der Waals surface area contributed by atoms with E-state index in [-0.39, 0.29) is 11.9 Å². The van der Waals surface area contributed by atoms with E-state index >= 15 is 0 Å². The molecule has 2 atom stereocenters. The highest BCUT2D eigenvalue weighted by Crippen LogP contribution is 2.51. The standard InChI is InChI=1S/C26H20BrFN4O3/c1-33-20-9-5-15(11-21(20)34-2)25-22-23(18-12-17(28)8-10-19(18)35-25)31-26-29-13-30-32(26)24(22)14-3-6-16(27)7-4-14/h3-13,24-25H,1-2H3,(H,29,30,31). The van der Waals surface area contributed by atoms with E-state index in [1.807, 2.05) is 47.1 Å². The van der Waals surface area contributed by atoms with Gasteiger partial charge < -0.3 is 19.5 Å². The van der Waals surface area contributed by atoms with Gasteiger partial charge in [-0.3, -0.25) is 0 Å². The average Bonchev–Trinajstić information content (AvgIpc) is 3.35. The normalized spacial score (nSPS) is 18.1. The molecular weight excluding hydrogens is 515 g/mol. The molecule has 0 bridgehead atoms. The minimum Gasteiger partial charge on any atom is -0.493 e. The summed E-state index contributed by atoms with van der Waals surface area (Å²) in [6, 6.07) is 17.9. The molecule has 9 heteroatoms. The van der Waals surface area contributed by atoms with Crippen molar-refractivity contribution < 1.29 is 18.6 Å². The number of fused-ring (bicyclic) bond motifs is 3. The van der Waals surface area contributed by atoms with Crippen LogP contribution in [-0.4, -0.2) is 29.0 Å². The van der Waals surface area contributed by atoms with Crippen LogP contribution >= 0.6 is 15.9 Å². The molecule has 2 aliphatic heterocycles. The summed E-state index contributed by atoms with van der Waals surface area (Å²) in [7, 11) is 3.20. The SMILES string of the molecule is COc1ccc(C2Oc3ccc(F)cc3C3=C2C(c2ccc(Br)cc2)n2ncnc2N3)cc1OC. The number of anilines is 1.